The monoisotopic (exact) mass is 397 g/mol. The predicted molar refractivity (Wildman–Crippen MR) is 109 cm³/mol. The fourth-order valence-corrected chi connectivity index (χ4v) is 3.86. The summed E-state index contributed by atoms with van der Waals surface area (Å²) in [5, 5.41) is 15.9. The van der Waals surface area contributed by atoms with Crippen LogP contribution in [-0.4, -0.2) is 22.0 Å². The maximum Gasteiger partial charge on any atom is 0.160 e. The van der Waals surface area contributed by atoms with Crippen LogP contribution in [-0.2, 0) is 17.7 Å². The van der Waals surface area contributed by atoms with E-state index in [-0.39, 0.29) is 6.10 Å². The molecule has 2 aromatic rings. The van der Waals surface area contributed by atoms with E-state index in [2.05, 4.69) is 22.8 Å². The Kier molecular flexibility index (Phi) is 7.40. The summed E-state index contributed by atoms with van der Waals surface area (Å²) in [6.45, 7) is 5.83. The van der Waals surface area contributed by atoms with Crippen LogP contribution in [0.2, 0.25) is 5.02 Å². The Labute approximate surface area is 164 Å². The fraction of sp³-hybridized carbons (Fsp3) is 0.421. The van der Waals surface area contributed by atoms with Crippen molar-refractivity contribution in [2.45, 2.75) is 52.0 Å². The number of rotatable bonds is 8. The molecule has 0 saturated carbocycles. The van der Waals surface area contributed by atoms with Crippen LogP contribution >= 0.6 is 35.2 Å². The zero-order valence-corrected chi connectivity index (χ0v) is 17.1. The van der Waals surface area contributed by atoms with E-state index in [0.29, 0.717) is 13.0 Å². The van der Waals surface area contributed by atoms with Crippen molar-refractivity contribution in [2.24, 2.45) is 0 Å². The minimum atomic E-state index is -1.14. The number of benzene rings is 1. The summed E-state index contributed by atoms with van der Waals surface area (Å²) in [4.78, 5) is 1.96. The first-order valence-corrected chi connectivity index (χ1v) is 9.86. The van der Waals surface area contributed by atoms with Gasteiger partial charge in [-0.2, -0.15) is 0 Å². The molecule has 0 radical (unpaired) electrons. The largest absolute Gasteiger partial charge is 0.375 e. The third kappa shape index (κ3) is 7.42. The van der Waals surface area contributed by atoms with Crippen molar-refractivity contribution in [1.82, 2.24) is 5.32 Å². The summed E-state index contributed by atoms with van der Waals surface area (Å²) in [5.41, 5.74) is 2.38. The molecule has 0 unspecified atom stereocenters. The highest BCUT2D eigenvalue weighted by Crippen LogP contribution is 2.22. The lowest BCUT2D eigenvalue weighted by Crippen LogP contribution is -2.32. The lowest BCUT2D eigenvalue weighted by molar-refractivity contribution is -0.199. The number of hydrogen-bond donors (Lipinski definition) is 2. The molecule has 0 saturated heterocycles. The molecule has 136 valence electrons. The summed E-state index contributed by atoms with van der Waals surface area (Å²) in [6, 6.07) is 10.1. The molecule has 0 aliphatic rings. The van der Waals surface area contributed by atoms with E-state index in [0.717, 1.165) is 22.0 Å². The van der Waals surface area contributed by atoms with Gasteiger partial charge in [0.05, 0.1) is 11.1 Å². The van der Waals surface area contributed by atoms with Gasteiger partial charge in [0.25, 0.3) is 0 Å². The Morgan fingerprint density at radius 2 is 2.12 bits per heavy atom. The predicted octanol–water partition coefficient (Wildman–Crippen LogP) is 4.93. The molecule has 0 fully saturated rings. The molecule has 0 bridgehead atoms. The molecule has 1 heterocycles. The van der Waals surface area contributed by atoms with Gasteiger partial charge in [-0.15, -0.1) is 11.3 Å². The summed E-state index contributed by atoms with van der Waals surface area (Å²) in [6.07, 6.45) is 1.27. The minimum Gasteiger partial charge on any atom is -0.375 e. The number of ether oxygens (including phenoxy) is 1. The molecule has 0 aliphatic carbocycles. The van der Waals surface area contributed by atoms with Crippen LogP contribution in [0.4, 0.5) is 0 Å². The van der Waals surface area contributed by atoms with Gasteiger partial charge in [-0.3, -0.25) is 0 Å². The van der Waals surface area contributed by atoms with Gasteiger partial charge < -0.3 is 15.2 Å². The summed E-state index contributed by atoms with van der Waals surface area (Å²) in [7, 11) is 0. The first-order valence-electron chi connectivity index (χ1n) is 8.19. The van der Waals surface area contributed by atoms with Crippen molar-refractivity contribution in [3.8, 4) is 0 Å². The number of hydrogen-bond acceptors (Lipinski definition) is 4. The van der Waals surface area contributed by atoms with Gasteiger partial charge in [0.1, 0.15) is 0 Å². The second-order valence-electron chi connectivity index (χ2n) is 6.55. The first kappa shape index (κ1) is 20.3. The molecular weight excluding hydrogens is 374 g/mol. The Hall–Kier alpha value is -0.980. The third-order valence-corrected chi connectivity index (χ3v) is 5.15. The highest BCUT2D eigenvalue weighted by Gasteiger charge is 2.18. The van der Waals surface area contributed by atoms with Crippen LogP contribution in [0, 0.1) is 0 Å². The van der Waals surface area contributed by atoms with Gasteiger partial charge in [0, 0.05) is 22.9 Å². The standard InChI is InChI=1S/C19H24ClNO2S2/c1-13(23-19(2,3)22)8-18(24)21-11-16-10-14(12-25-16)9-15-6-4-5-7-17(15)20/h4-7,10,12-13,22H,8-9,11H2,1-3H3,(H,21,24)/t13-/m0/s1. The van der Waals surface area contributed by atoms with Crippen LogP contribution < -0.4 is 5.32 Å². The lowest BCUT2D eigenvalue weighted by atomic mass is 10.1. The molecule has 0 aliphatic heterocycles. The third-order valence-electron chi connectivity index (χ3n) is 3.48. The maximum absolute atomic E-state index is 9.66. The van der Waals surface area contributed by atoms with Crippen molar-refractivity contribution in [2.75, 3.05) is 0 Å². The zero-order chi connectivity index (χ0) is 18.4. The second kappa shape index (κ2) is 9.10. The molecule has 2 rings (SSSR count). The first-order chi connectivity index (χ1) is 11.7. The molecule has 1 aromatic heterocycles. The van der Waals surface area contributed by atoms with Crippen molar-refractivity contribution in [3.63, 3.8) is 0 Å². The number of thiocarbonyl (C=S) groups is 1. The van der Waals surface area contributed by atoms with Crippen LogP contribution in [0.5, 0.6) is 0 Å². The topological polar surface area (TPSA) is 41.5 Å². The van der Waals surface area contributed by atoms with Crippen LogP contribution in [0.15, 0.2) is 35.7 Å². The summed E-state index contributed by atoms with van der Waals surface area (Å²) < 4.78 is 5.46. The van der Waals surface area contributed by atoms with Crippen molar-refractivity contribution < 1.29 is 9.84 Å². The zero-order valence-electron chi connectivity index (χ0n) is 14.7. The minimum absolute atomic E-state index is 0.140. The molecule has 0 spiro atoms. The number of halogens is 1. The Bertz CT molecular complexity index is 709. The van der Waals surface area contributed by atoms with E-state index in [9.17, 15) is 5.11 Å². The molecular formula is C19H24ClNO2S2. The molecule has 3 nitrogen and oxygen atoms in total. The van der Waals surface area contributed by atoms with Gasteiger partial charge in [0.15, 0.2) is 5.79 Å². The number of nitrogens with one attached hydrogen (secondary N) is 1. The van der Waals surface area contributed by atoms with E-state index in [1.807, 2.05) is 25.1 Å². The lowest BCUT2D eigenvalue weighted by Gasteiger charge is -2.24. The maximum atomic E-state index is 9.66. The van der Waals surface area contributed by atoms with Crippen LogP contribution in [0.3, 0.4) is 0 Å². The molecule has 1 aromatic carbocycles. The highest BCUT2D eigenvalue weighted by atomic mass is 35.5. The van der Waals surface area contributed by atoms with Gasteiger partial charge in [-0.1, -0.05) is 42.0 Å². The molecule has 0 amide bonds. The number of thiophene rings is 1. The van der Waals surface area contributed by atoms with Gasteiger partial charge in [-0.05, 0) is 55.8 Å². The van der Waals surface area contributed by atoms with Gasteiger partial charge >= 0.3 is 0 Å². The highest BCUT2D eigenvalue weighted by molar-refractivity contribution is 7.80. The number of aliphatic hydroxyl groups is 1. The molecule has 1 atom stereocenters. The van der Waals surface area contributed by atoms with Gasteiger partial charge in [0.2, 0.25) is 0 Å². The van der Waals surface area contributed by atoms with Crippen molar-refractivity contribution in [1.29, 1.82) is 0 Å². The Morgan fingerprint density at radius 3 is 2.80 bits per heavy atom. The van der Waals surface area contributed by atoms with Crippen molar-refractivity contribution >= 4 is 40.1 Å². The van der Waals surface area contributed by atoms with E-state index in [1.165, 1.54) is 10.4 Å². The van der Waals surface area contributed by atoms with E-state index >= 15 is 0 Å². The average Bonchev–Trinajstić information content (AvgIpc) is 2.93. The fourth-order valence-electron chi connectivity index (χ4n) is 2.53. The van der Waals surface area contributed by atoms with Crippen LogP contribution in [0.25, 0.3) is 0 Å². The summed E-state index contributed by atoms with van der Waals surface area (Å²) >= 11 is 13.3. The smallest absolute Gasteiger partial charge is 0.160 e. The normalized spacial score (nSPS) is 12.8. The molecule has 6 heteroatoms. The van der Waals surface area contributed by atoms with Crippen LogP contribution in [0.1, 0.15) is 43.2 Å². The molecule has 25 heavy (non-hydrogen) atoms. The quantitative estimate of drug-likeness (QED) is 0.489. The van der Waals surface area contributed by atoms with E-state index < -0.39 is 5.79 Å². The second-order valence-corrected chi connectivity index (χ2v) is 8.44. The molecule has 2 N–H and O–H groups in total. The average molecular weight is 398 g/mol. The van der Waals surface area contributed by atoms with Gasteiger partial charge in [-0.25, -0.2) is 0 Å². The Morgan fingerprint density at radius 1 is 1.40 bits per heavy atom. The Balaban J connectivity index is 1.81. The van der Waals surface area contributed by atoms with E-state index in [4.69, 9.17) is 28.6 Å². The van der Waals surface area contributed by atoms with E-state index in [1.54, 1.807) is 25.2 Å². The summed E-state index contributed by atoms with van der Waals surface area (Å²) in [5.74, 6) is -1.14. The SMILES string of the molecule is C[C@@H](CC(=S)NCc1cc(Cc2ccccc2Cl)cs1)OC(C)(C)O. The van der Waals surface area contributed by atoms with Crippen molar-refractivity contribution in [3.05, 3.63) is 56.7 Å².